The summed E-state index contributed by atoms with van der Waals surface area (Å²) in [6.07, 6.45) is 0. The number of imide groups is 1. The molecule has 1 heterocycles. The summed E-state index contributed by atoms with van der Waals surface area (Å²) >= 11 is 0. The molecule has 0 unspecified atom stereocenters. The average Bonchev–Trinajstić information content (AvgIpc) is 3.08. The molecule has 0 bridgehead atoms. The van der Waals surface area contributed by atoms with Crippen LogP contribution in [0.2, 0.25) is 0 Å². The van der Waals surface area contributed by atoms with Gasteiger partial charge in [-0.05, 0) is 42.1 Å². The number of fused-ring (bicyclic) bond motifs is 1. The lowest BCUT2D eigenvalue weighted by atomic mass is 10.0. The third-order valence-electron chi connectivity index (χ3n) is 5.77. The molecule has 162 valence electrons. The number of carbonyl (C=O) groups is 2. The first-order valence-corrected chi connectivity index (χ1v) is 10.7. The first kappa shape index (κ1) is 20.5. The minimum atomic E-state index is -0.403. The van der Waals surface area contributed by atoms with Gasteiger partial charge in [0.05, 0.1) is 18.4 Å². The number of nitrogens with zero attached hydrogens (tertiary/aromatic N) is 1. The van der Waals surface area contributed by atoms with Gasteiger partial charge in [-0.1, -0.05) is 66.7 Å². The van der Waals surface area contributed by atoms with Crippen LogP contribution in [-0.2, 0) is 9.59 Å². The lowest BCUT2D eigenvalue weighted by Crippen LogP contribution is -2.32. The molecule has 0 spiro atoms. The summed E-state index contributed by atoms with van der Waals surface area (Å²) in [5.74, 6) is -0.269. The van der Waals surface area contributed by atoms with Crippen molar-refractivity contribution in [2.24, 2.45) is 0 Å². The molecule has 0 radical (unpaired) electrons. The number of nitrogens with one attached hydrogen (secondary N) is 1. The molecule has 0 fully saturated rings. The van der Waals surface area contributed by atoms with E-state index < -0.39 is 11.8 Å². The number of amides is 2. The van der Waals surface area contributed by atoms with Gasteiger partial charge in [0.2, 0.25) is 0 Å². The Labute approximate surface area is 191 Å². The number of methoxy groups -OCH3 is 1. The predicted molar refractivity (Wildman–Crippen MR) is 131 cm³/mol. The Morgan fingerprint density at radius 1 is 0.788 bits per heavy atom. The van der Waals surface area contributed by atoms with Crippen LogP contribution in [0.3, 0.4) is 0 Å². The van der Waals surface area contributed by atoms with Crippen molar-refractivity contribution in [3.63, 3.8) is 0 Å². The number of ether oxygens (including phenoxy) is 1. The van der Waals surface area contributed by atoms with Crippen molar-refractivity contribution in [1.82, 2.24) is 0 Å². The summed E-state index contributed by atoms with van der Waals surface area (Å²) in [5.41, 5.74) is 3.32. The van der Waals surface area contributed by atoms with E-state index in [1.807, 2.05) is 79.7 Å². The number of hydrogen-bond acceptors (Lipinski definition) is 4. The fourth-order valence-corrected chi connectivity index (χ4v) is 4.22. The molecule has 1 aliphatic heterocycles. The zero-order chi connectivity index (χ0) is 22.9. The molecule has 5 rings (SSSR count). The maximum Gasteiger partial charge on any atom is 0.282 e. The zero-order valence-corrected chi connectivity index (χ0v) is 18.3. The molecule has 5 heteroatoms. The Kier molecular flexibility index (Phi) is 5.15. The summed E-state index contributed by atoms with van der Waals surface area (Å²) < 4.78 is 5.53. The lowest BCUT2D eigenvalue weighted by molar-refractivity contribution is -0.120. The van der Waals surface area contributed by atoms with Crippen molar-refractivity contribution in [2.45, 2.75) is 6.92 Å². The largest absolute Gasteiger partial charge is 0.496 e. The van der Waals surface area contributed by atoms with Crippen molar-refractivity contribution < 1.29 is 14.3 Å². The van der Waals surface area contributed by atoms with Gasteiger partial charge >= 0.3 is 0 Å². The van der Waals surface area contributed by atoms with Crippen LogP contribution in [0.15, 0.2) is 96.7 Å². The molecule has 1 N–H and O–H groups in total. The van der Waals surface area contributed by atoms with Gasteiger partial charge in [-0.15, -0.1) is 0 Å². The minimum absolute atomic E-state index is 0.224. The van der Waals surface area contributed by atoms with Crippen molar-refractivity contribution in [3.8, 4) is 5.75 Å². The van der Waals surface area contributed by atoms with E-state index in [4.69, 9.17) is 4.74 Å². The fraction of sp³-hybridized carbons (Fsp3) is 0.0714. The molecule has 0 atom stereocenters. The van der Waals surface area contributed by atoms with Gasteiger partial charge in [-0.3, -0.25) is 9.59 Å². The average molecular weight is 434 g/mol. The Morgan fingerprint density at radius 2 is 1.52 bits per heavy atom. The van der Waals surface area contributed by atoms with E-state index in [1.54, 1.807) is 25.3 Å². The molecular weight excluding hydrogens is 412 g/mol. The van der Waals surface area contributed by atoms with Gasteiger partial charge < -0.3 is 10.1 Å². The van der Waals surface area contributed by atoms with Crippen LogP contribution in [0, 0.1) is 6.92 Å². The highest BCUT2D eigenvalue weighted by atomic mass is 16.5. The second kappa shape index (κ2) is 8.28. The summed E-state index contributed by atoms with van der Waals surface area (Å²) in [6.45, 7) is 1.93. The van der Waals surface area contributed by atoms with Crippen molar-refractivity contribution >= 4 is 39.5 Å². The van der Waals surface area contributed by atoms with Gasteiger partial charge in [0.25, 0.3) is 11.8 Å². The SMILES string of the molecule is COc1ccccc1C1=C(Nc2cccc3ccccc23)C(=O)N(c2cccc(C)c2)C1=O. The monoisotopic (exact) mass is 434 g/mol. The smallest absolute Gasteiger partial charge is 0.282 e. The molecule has 0 aromatic heterocycles. The van der Waals surface area contributed by atoms with Crippen molar-refractivity contribution in [1.29, 1.82) is 0 Å². The summed E-state index contributed by atoms with van der Waals surface area (Å²) in [4.78, 5) is 28.6. The number of anilines is 2. The number of hydrogen-bond donors (Lipinski definition) is 1. The third kappa shape index (κ3) is 3.53. The van der Waals surface area contributed by atoms with E-state index in [2.05, 4.69) is 5.32 Å². The molecule has 33 heavy (non-hydrogen) atoms. The van der Waals surface area contributed by atoms with Crippen LogP contribution < -0.4 is 15.0 Å². The summed E-state index contributed by atoms with van der Waals surface area (Å²) in [5, 5.41) is 5.29. The van der Waals surface area contributed by atoms with Crippen LogP contribution in [-0.4, -0.2) is 18.9 Å². The molecule has 5 nitrogen and oxygen atoms in total. The predicted octanol–water partition coefficient (Wildman–Crippen LogP) is 5.55. The summed E-state index contributed by atoms with van der Waals surface area (Å²) in [7, 11) is 1.55. The van der Waals surface area contributed by atoms with Gasteiger partial charge in [-0.2, -0.15) is 0 Å². The van der Waals surface area contributed by atoms with Crippen molar-refractivity contribution in [2.75, 3.05) is 17.3 Å². The Hall–Kier alpha value is -4.38. The first-order valence-electron chi connectivity index (χ1n) is 10.7. The van der Waals surface area contributed by atoms with E-state index in [-0.39, 0.29) is 11.3 Å². The Morgan fingerprint density at radius 3 is 2.33 bits per heavy atom. The topological polar surface area (TPSA) is 58.6 Å². The number of benzene rings is 4. The van der Waals surface area contributed by atoms with Gasteiger partial charge in [-0.25, -0.2) is 4.90 Å². The van der Waals surface area contributed by atoms with Crippen molar-refractivity contribution in [3.05, 3.63) is 108 Å². The molecule has 0 saturated carbocycles. The van der Waals surface area contributed by atoms with E-state index >= 15 is 0 Å². The highest BCUT2D eigenvalue weighted by Crippen LogP contribution is 2.38. The molecular formula is C28H22N2O3. The molecule has 4 aromatic carbocycles. The molecule has 4 aromatic rings. The number of para-hydroxylation sites is 1. The fourth-order valence-electron chi connectivity index (χ4n) is 4.22. The molecule has 1 aliphatic rings. The van der Waals surface area contributed by atoms with Crippen LogP contribution in [0.4, 0.5) is 11.4 Å². The standard InChI is InChI=1S/C28H22N2O3/c1-18-9-7-12-20(17-18)30-27(31)25(22-14-5-6-16-24(22)33-2)26(28(30)32)29-23-15-8-11-19-10-3-4-13-21(19)23/h3-17,29H,1-2H3. The molecule has 0 aliphatic carbocycles. The van der Waals surface area contributed by atoms with E-state index in [0.29, 0.717) is 17.0 Å². The Balaban J connectivity index is 1.70. The second-order valence-electron chi connectivity index (χ2n) is 7.89. The van der Waals surface area contributed by atoms with Crippen LogP contribution in [0.1, 0.15) is 11.1 Å². The second-order valence-corrected chi connectivity index (χ2v) is 7.89. The maximum atomic E-state index is 13.7. The van der Waals surface area contributed by atoms with Crippen LogP contribution >= 0.6 is 0 Å². The van der Waals surface area contributed by atoms with E-state index in [0.717, 1.165) is 22.0 Å². The van der Waals surface area contributed by atoms with Crippen LogP contribution in [0.25, 0.3) is 16.3 Å². The maximum absolute atomic E-state index is 13.7. The third-order valence-corrected chi connectivity index (χ3v) is 5.77. The van der Waals surface area contributed by atoms with Gasteiger partial charge in [0.15, 0.2) is 0 Å². The zero-order valence-electron chi connectivity index (χ0n) is 18.3. The Bertz CT molecular complexity index is 1430. The van der Waals surface area contributed by atoms with E-state index in [9.17, 15) is 9.59 Å². The number of aryl methyl sites for hydroxylation is 1. The van der Waals surface area contributed by atoms with Gasteiger partial charge in [0, 0.05) is 16.6 Å². The number of rotatable bonds is 5. The first-order chi connectivity index (χ1) is 16.1. The highest BCUT2D eigenvalue weighted by Gasteiger charge is 2.41. The molecule has 2 amide bonds. The van der Waals surface area contributed by atoms with Crippen LogP contribution in [0.5, 0.6) is 5.75 Å². The highest BCUT2D eigenvalue weighted by molar-refractivity contribution is 6.46. The minimum Gasteiger partial charge on any atom is -0.496 e. The number of carbonyl (C=O) groups excluding carboxylic acids is 2. The van der Waals surface area contributed by atoms with Gasteiger partial charge in [0.1, 0.15) is 11.4 Å². The quantitative estimate of drug-likeness (QED) is 0.418. The molecule has 0 saturated heterocycles. The van der Waals surface area contributed by atoms with E-state index in [1.165, 1.54) is 4.90 Å². The normalized spacial score (nSPS) is 13.7. The lowest BCUT2D eigenvalue weighted by Gasteiger charge is -2.16. The summed E-state index contributed by atoms with van der Waals surface area (Å²) in [6, 6.07) is 28.4.